The van der Waals surface area contributed by atoms with Crippen molar-refractivity contribution in [3.63, 3.8) is 0 Å². The number of carbonyl (C=O) groups is 1. The highest BCUT2D eigenvalue weighted by molar-refractivity contribution is 6.10. The molecule has 2 fully saturated rings. The summed E-state index contributed by atoms with van der Waals surface area (Å²) >= 11 is 0. The average molecular weight is 1100 g/mol. The summed E-state index contributed by atoms with van der Waals surface area (Å²) in [6, 6.07) is 64.3. The van der Waals surface area contributed by atoms with E-state index in [-0.39, 0.29) is 39.8 Å². The van der Waals surface area contributed by atoms with Crippen molar-refractivity contribution in [1.82, 2.24) is 0 Å². The molecule has 0 spiro atoms. The van der Waals surface area contributed by atoms with Gasteiger partial charge in [-0.3, -0.25) is 4.79 Å². The van der Waals surface area contributed by atoms with Gasteiger partial charge >= 0.3 is 0 Å². The van der Waals surface area contributed by atoms with Gasteiger partial charge in [0, 0.05) is 16.4 Å². The quantitative estimate of drug-likeness (QED) is 0.0757. The molecule has 0 heterocycles. The highest BCUT2D eigenvalue weighted by atomic mass is 16.5. The molecule has 2 bridgehead atoms. The Labute approximate surface area is 494 Å². The first-order valence-electron chi connectivity index (χ1n) is 30.3. The molecule has 7 aromatic carbocycles. The number of methoxy groups -OCH3 is 3. The summed E-state index contributed by atoms with van der Waals surface area (Å²) < 4.78 is 17.9. The van der Waals surface area contributed by atoms with E-state index in [1.807, 2.05) is 0 Å². The van der Waals surface area contributed by atoms with E-state index >= 15 is 4.79 Å². The van der Waals surface area contributed by atoms with E-state index < -0.39 is 21.7 Å². The van der Waals surface area contributed by atoms with Crippen LogP contribution < -0.4 is 14.2 Å². The minimum Gasteiger partial charge on any atom is -0.497 e. The fraction of sp³-hybridized carbons (Fsp3) is 0.423. The molecule has 2 aliphatic carbocycles. The number of fused-ring (bicyclic) bond motifs is 2. The molecule has 5 unspecified atom stereocenters. The maximum absolute atomic E-state index is 16.9. The van der Waals surface area contributed by atoms with Crippen molar-refractivity contribution in [3.8, 4) is 17.2 Å². The zero-order chi connectivity index (χ0) is 59.0. The van der Waals surface area contributed by atoms with Crippen molar-refractivity contribution in [2.45, 2.75) is 169 Å². The predicted molar refractivity (Wildman–Crippen MR) is 343 cm³/mol. The van der Waals surface area contributed by atoms with Crippen molar-refractivity contribution < 1.29 is 19.0 Å². The maximum atomic E-state index is 16.9. The van der Waals surface area contributed by atoms with Gasteiger partial charge in [-0.1, -0.05) is 222 Å². The van der Waals surface area contributed by atoms with Crippen LogP contribution in [0.2, 0.25) is 0 Å². The van der Waals surface area contributed by atoms with Gasteiger partial charge in [-0.05, 0) is 195 Å². The number of allylic oxidation sites excluding steroid dienone is 1. The molecule has 7 aromatic rings. The van der Waals surface area contributed by atoms with Crippen molar-refractivity contribution in [2.24, 2.45) is 21.7 Å². The smallest absolute Gasteiger partial charge is 0.165 e. The summed E-state index contributed by atoms with van der Waals surface area (Å²) in [7, 11) is 5.29. The van der Waals surface area contributed by atoms with Crippen molar-refractivity contribution in [3.05, 3.63) is 237 Å². The number of ether oxygens (including phenoxy) is 3. The molecule has 82 heavy (non-hydrogen) atoms. The van der Waals surface area contributed by atoms with Crippen LogP contribution in [0.3, 0.4) is 0 Å². The van der Waals surface area contributed by atoms with Crippen LogP contribution in [0, 0.1) is 28.6 Å². The fourth-order valence-corrected chi connectivity index (χ4v) is 15.4. The number of rotatable bonds is 19. The Bertz CT molecular complexity index is 3190. The van der Waals surface area contributed by atoms with E-state index in [2.05, 4.69) is 266 Å². The highest BCUT2D eigenvalue weighted by Crippen LogP contribution is 2.88. The topological polar surface area (TPSA) is 44.8 Å². The highest BCUT2D eigenvalue weighted by Gasteiger charge is 2.84. The summed E-state index contributed by atoms with van der Waals surface area (Å²) in [5, 5.41) is 0. The Kier molecular flexibility index (Phi) is 17.0. The molecule has 0 radical (unpaired) electrons. The summed E-state index contributed by atoms with van der Waals surface area (Å²) in [6.45, 7) is 30.2. The van der Waals surface area contributed by atoms with Gasteiger partial charge < -0.3 is 14.2 Å². The Morgan fingerprint density at radius 1 is 0.439 bits per heavy atom. The zero-order valence-corrected chi connectivity index (χ0v) is 52.6. The first kappa shape index (κ1) is 60.0. The molecule has 4 heteroatoms. The van der Waals surface area contributed by atoms with Crippen LogP contribution in [0.25, 0.3) is 6.08 Å². The fourth-order valence-electron chi connectivity index (χ4n) is 15.4. The van der Waals surface area contributed by atoms with E-state index in [0.29, 0.717) is 6.42 Å². The first-order valence-corrected chi connectivity index (χ1v) is 30.3. The number of carbonyl (C=O) groups excluding carboxylic acids is 1. The summed E-state index contributed by atoms with van der Waals surface area (Å²) in [4.78, 5) is 16.9. The number of ketones is 1. The van der Waals surface area contributed by atoms with Gasteiger partial charge in [0.05, 0.1) is 21.3 Å². The molecule has 2 aliphatic rings. The molecular formula is C78H94O4. The van der Waals surface area contributed by atoms with Gasteiger partial charge in [-0.15, -0.1) is 0 Å². The molecule has 0 aliphatic heterocycles. The first-order chi connectivity index (χ1) is 38.8. The van der Waals surface area contributed by atoms with E-state index in [9.17, 15) is 0 Å². The normalized spacial score (nSPS) is 21.3. The van der Waals surface area contributed by atoms with Gasteiger partial charge in [0.25, 0.3) is 0 Å². The van der Waals surface area contributed by atoms with Crippen LogP contribution in [0.4, 0.5) is 0 Å². The second-order valence-electron chi connectivity index (χ2n) is 28.2. The van der Waals surface area contributed by atoms with Gasteiger partial charge in [0.1, 0.15) is 17.2 Å². The van der Waals surface area contributed by atoms with E-state index in [1.165, 1.54) is 55.6 Å². The van der Waals surface area contributed by atoms with Gasteiger partial charge in [0.15, 0.2) is 5.78 Å². The molecule has 0 amide bonds. The minimum atomic E-state index is -0.794. The maximum Gasteiger partial charge on any atom is 0.165 e. The van der Waals surface area contributed by atoms with Crippen LogP contribution >= 0.6 is 0 Å². The molecular weight excluding hydrogens is 1000 g/mol. The number of benzene rings is 7. The third-order valence-corrected chi connectivity index (χ3v) is 20.3. The summed E-state index contributed by atoms with van der Waals surface area (Å²) in [6.07, 6.45) is 8.14. The van der Waals surface area contributed by atoms with Crippen LogP contribution in [0.1, 0.15) is 188 Å². The Balaban J connectivity index is 1.43. The number of hydrogen-bond acceptors (Lipinski definition) is 4. The van der Waals surface area contributed by atoms with Crippen LogP contribution in [0.5, 0.6) is 17.2 Å². The second-order valence-corrected chi connectivity index (χ2v) is 28.2. The molecule has 0 N–H and O–H groups in total. The van der Waals surface area contributed by atoms with Crippen molar-refractivity contribution >= 4 is 11.9 Å². The van der Waals surface area contributed by atoms with E-state index in [4.69, 9.17) is 14.2 Å². The average Bonchev–Trinajstić information content (AvgIpc) is 3.86. The van der Waals surface area contributed by atoms with Crippen LogP contribution in [0.15, 0.2) is 175 Å². The monoisotopic (exact) mass is 1090 g/mol. The zero-order valence-electron chi connectivity index (χ0n) is 52.6. The molecule has 5 atom stereocenters. The summed E-state index contributed by atoms with van der Waals surface area (Å²) in [5.74, 6) is 2.51. The van der Waals surface area contributed by atoms with Gasteiger partial charge in [-0.2, -0.15) is 0 Å². The standard InChI is InChI=1S/C78H94O4/c1-53-17-19-57(20-18-53)51-70-71(79)76(13)52-77(67(58-30-42-64(80-14)43-31-58)48-27-54-21-36-61(37-22-54)72(2,3)4,68(59-32-44-65(81-15)45-33-59)49-28-55-23-38-62(39-24-55)73(5,6)7)78(70,75(76,11)12)69(60-34-46-66(82-16)47-35-60)50-29-56-25-40-63(41-26-56)74(8,9)10/h17-26,30-47,51,67-69H,27-29,48-50,52H2,1-16H3. The molecule has 4 nitrogen and oxygen atoms in total. The molecule has 0 saturated heterocycles. The summed E-state index contributed by atoms with van der Waals surface area (Å²) in [5.41, 5.74) is 12.2. The number of hydrogen-bond donors (Lipinski definition) is 0. The van der Waals surface area contributed by atoms with Gasteiger partial charge in [-0.25, -0.2) is 0 Å². The number of Topliss-reactive ketones (excluding diaryl/α,β-unsaturated/α-hetero) is 1. The lowest BCUT2D eigenvalue weighted by Crippen LogP contribution is -2.56. The third kappa shape index (κ3) is 11.2. The van der Waals surface area contributed by atoms with Crippen molar-refractivity contribution in [1.29, 1.82) is 0 Å². The molecule has 2 saturated carbocycles. The predicted octanol–water partition coefficient (Wildman–Crippen LogP) is 19.5. The van der Waals surface area contributed by atoms with E-state index in [1.54, 1.807) is 21.3 Å². The lowest BCUT2D eigenvalue weighted by Gasteiger charge is -2.62. The molecule has 430 valence electrons. The molecule has 0 aromatic heterocycles. The van der Waals surface area contributed by atoms with Crippen LogP contribution in [-0.4, -0.2) is 27.1 Å². The molecule has 9 rings (SSSR count). The third-order valence-electron chi connectivity index (χ3n) is 20.3. The minimum absolute atomic E-state index is 0.0249. The Morgan fingerprint density at radius 3 is 1.07 bits per heavy atom. The lowest BCUT2D eigenvalue weighted by atomic mass is 9.40. The Hall–Kier alpha value is -6.65. The lowest BCUT2D eigenvalue weighted by molar-refractivity contribution is -0.127. The second kappa shape index (κ2) is 23.2. The van der Waals surface area contributed by atoms with E-state index in [0.717, 1.165) is 66.9 Å². The SMILES string of the molecule is COc1ccc(C(CCc2ccc(C(C)(C)C)cc2)C2(C(CCc3ccc(C(C)(C)C)cc3)c3ccc(OC)cc3)CC3(C)C(=O)C(=Cc4ccc(C)cc4)C2(C(CCc2ccc(C(C)(C)C)cc2)c2ccc(OC)cc2)C3(C)C)cc1. The Morgan fingerprint density at radius 2 is 0.756 bits per heavy atom. The van der Waals surface area contributed by atoms with Crippen LogP contribution in [-0.2, 0) is 40.3 Å². The van der Waals surface area contributed by atoms with Gasteiger partial charge in [0.2, 0.25) is 0 Å². The largest absolute Gasteiger partial charge is 0.497 e. The van der Waals surface area contributed by atoms with Crippen molar-refractivity contribution in [2.75, 3.05) is 21.3 Å². The number of aryl methyl sites for hydroxylation is 4.